The molecule has 0 bridgehead atoms. The quantitative estimate of drug-likeness (QED) is 0.346. The largest absolute Gasteiger partial charge is 0.497 e. The lowest BCUT2D eigenvalue weighted by molar-refractivity contribution is -0.383. The van der Waals surface area contributed by atoms with E-state index >= 15 is 0 Å². The van der Waals surface area contributed by atoms with E-state index in [0.29, 0.717) is 17.2 Å². The lowest BCUT2D eigenvalue weighted by Gasteiger charge is -2.11. The molecule has 0 spiro atoms. The van der Waals surface area contributed by atoms with E-state index in [9.17, 15) is 10.1 Å². The third kappa shape index (κ3) is 4.67. The monoisotopic (exact) mass is 374 g/mol. The van der Waals surface area contributed by atoms with Gasteiger partial charge in [0.2, 0.25) is 0 Å². The topological polar surface area (TPSA) is 98.0 Å². The number of rotatable bonds is 6. The fourth-order valence-electron chi connectivity index (χ4n) is 2.18. The molecule has 9 heteroatoms. The summed E-state index contributed by atoms with van der Waals surface area (Å²) in [5.41, 5.74) is 4.26. The SMILES string of the molecule is COc1ccc(/C(C)=N/NC(=S)Nc2ccccc2[N+](=O)[O-])c(OC)c1. The van der Waals surface area contributed by atoms with Crippen molar-refractivity contribution in [2.75, 3.05) is 19.5 Å². The van der Waals surface area contributed by atoms with Crippen LogP contribution >= 0.6 is 12.2 Å². The summed E-state index contributed by atoms with van der Waals surface area (Å²) in [4.78, 5) is 10.5. The van der Waals surface area contributed by atoms with E-state index in [2.05, 4.69) is 15.8 Å². The van der Waals surface area contributed by atoms with E-state index in [-0.39, 0.29) is 16.5 Å². The Bertz CT molecular complexity index is 854. The summed E-state index contributed by atoms with van der Waals surface area (Å²) in [5, 5.41) is 18.1. The second-order valence-corrected chi connectivity index (χ2v) is 5.51. The normalized spacial score (nSPS) is 10.8. The average Bonchev–Trinajstić information content (AvgIpc) is 2.65. The predicted molar refractivity (Wildman–Crippen MR) is 104 cm³/mol. The van der Waals surface area contributed by atoms with E-state index in [0.717, 1.165) is 5.56 Å². The molecule has 0 aliphatic rings. The first-order chi connectivity index (χ1) is 12.5. The number of hydrogen-bond acceptors (Lipinski definition) is 6. The number of para-hydroxylation sites is 2. The number of ether oxygens (including phenoxy) is 2. The van der Waals surface area contributed by atoms with Crippen LogP contribution in [0.4, 0.5) is 11.4 Å². The Hall–Kier alpha value is -3.20. The second-order valence-electron chi connectivity index (χ2n) is 5.10. The minimum Gasteiger partial charge on any atom is -0.497 e. The smallest absolute Gasteiger partial charge is 0.292 e. The van der Waals surface area contributed by atoms with Crippen LogP contribution in [0.2, 0.25) is 0 Å². The number of nitro benzene ring substituents is 1. The fraction of sp³-hybridized carbons (Fsp3) is 0.176. The van der Waals surface area contributed by atoms with Gasteiger partial charge in [0.1, 0.15) is 17.2 Å². The molecule has 2 aromatic carbocycles. The average molecular weight is 374 g/mol. The van der Waals surface area contributed by atoms with Gasteiger partial charge >= 0.3 is 0 Å². The highest BCUT2D eigenvalue weighted by Crippen LogP contribution is 2.25. The van der Waals surface area contributed by atoms with Gasteiger partial charge in [0, 0.05) is 17.7 Å². The number of hydrogen-bond donors (Lipinski definition) is 2. The fourth-order valence-corrected chi connectivity index (χ4v) is 2.34. The van der Waals surface area contributed by atoms with Crippen LogP contribution in [-0.4, -0.2) is 30.0 Å². The molecule has 2 N–H and O–H groups in total. The number of benzene rings is 2. The van der Waals surface area contributed by atoms with Crippen LogP contribution in [0, 0.1) is 10.1 Å². The third-order valence-corrected chi connectivity index (χ3v) is 3.67. The molecule has 0 saturated heterocycles. The molecule has 0 saturated carbocycles. The number of hydrazone groups is 1. The van der Waals surface area contributed by atoms with E-state index in [1.807, 2.05) is 6.07 Å². The Labute approximate surface area is 156 Å². The number of nitrogens with zero attached hydrogens (tertiary/aromatic N) is 2. The molecule has 0 aliphatic carbocycles. The Balaban J connectivity index is 2.12. The van der Waals surface area contributed by atoms with Gasteiger partial charge in [-0.1, -0.05) is 12.1 Å². The zero-order valence-corrected chi connectivity index (χ0v) is 15.3. The minimum absolute atomic E-state index is 0.0748. The lowest BCUT2D eigenvalue weighted by atomic mass is 10.1. The summed E-state index contributed by atoms with van der Waals surface area (Å²) in [7, 11) is 3.13. The molecule has 136 valence electrons. The highest BCUT2D eigenvalue weighted by atomic mass is 32.1. The summed E-state index contributed by atoms with van der Waals surface area (Å²) >= 11 is 5.15. The van der Waals surface area contributed by atoms with Gasteiger partial charge in [-0.3, -0.25) is 15.5 Å². The zero-order chi connectivity index (χ0) is 19.1. The third-order valence-electron chi connectivity index (χ3n) is 3.47. The van der Waals surface area contributed by atoms with Crippen molar-refractivity contribution in [1.29, 1.82) is 0 Å². The van der Waals surface area contributed by atoms with Gasteiger partial charge in [-0.05, 0) is 37.3 Å². The number of methoxy groups -OCH3 is 2. The summed E-state index contributed by atoms with van der Waals surface area (Å²) in [5.74, 6) is 1.27. The molecule has 2 rings (SSSR count). The van der Waals surface area contributed by atoms with Crippen LogP contribution in [0.25, 0.3) is 0 Å². The van der Waals surface area contributed by atoms with E-state index < -0.39 is 4.92 Å². The van der Waals surface area contributed by atoms with Crippen molar-refractivity contribution < 1.29 is 14.4 Å². The van der Waals surface area contributed by atoms with Gasteiger partial charge in [0.15, 0.2) is 5.11 Å². The van der Waals surface area contributed by atoms with Crippen LogP contribution in [0.5, 0.6) is 11.5 Å². The summed E-state index contributed by atoms with van der Waals surface area (Å²) in [6.45, 7) is 1.78. The van der Waals surface area contributed by atoms with Crippen molar-refractivity contribution >= 4 is 34.4 Å². The molecule has 0 aromatic heterocycles. The molecular formula is C17H18N4O4S. The lowest BCUT2D eigenvalue weighted by Crippen LogP contribution is -2.25. The Morgan fingerprint density at radius 1 is 1.19 bits per heavy atom. The van der Waals surface area contributed by atoms with Crippen molar-refractivity contribution in [2.24, 2.45) is 5.10 Å². The molecule has 0 amide bonds. The maximum atomic E-state index is 11.0. The Kier molecular flexibility index (Phi) is 6.45. The van der Waals surface area contributed by atoms with Crippen LogP contribution in [0.15, 0.2) is 47.6 Å². The number of anilines is 1. The highest BCUT2D eigenvalue weighted by molar-refractivity contribution is 7.80. The first-order valence-corrected chi connectivity index (χ1v) is 7.94. The van der Waals surface area contributed by atoms with Gasteiger partial charge in [0.05, 0.1) is 24.9 Å². The molecular weight excluding hydrogens is 356 g/mol. The molecule has 2 aromatic rings. The Morgan fingerprint density at radius 3 is 2.58 bits per heavy atom. The zero-order valence-electron chi connectivity index (χ0n) is 14.5. The van der Waals surface area contributed by atoms with Crippen molar-refractivity contribution in [1.82, 2.24) is 5.43 Å². The molecule has 26 heavy (non-hydrogen) atoms. The maximum Gasteiger partial charge on any atom is 0.292 e. The first-order valence-electron chi connectivity index (χ1n) is 7.53. The predicted octanol–water partition coefficient (Wildman–Crippen LogP) is 3.32. The van der Waals surface area contributed by atoms with Gasteiger partial charge < -0.3 is 14.8 Å². The van der Waals surface area contributed by atoms with Crippen LogP contribution < -0.4 is 20.2 Å². The summed E-state index contributed by atoms with van der Waals surface area (Å²) < 4.78 is 10.5. The van der Waals surface area contributed by atoms with Crippen molar-refractivity contribution in [3.05, 3.63) is 58.1 Å². The first kappa shape index (κ1) is 19.1. The van der Waals surface area contributed by atoms with Gasteiger partial charge in [0.25, 0.3) is 5.69 Å². The Morgan fingerprint density at radius 2 is 1.92 bits per heavy atom. The number of thiocarbonyl (C=S) groups is 1. The van der Waals surface area contributed by atoms with Crippen molar-refractivity contribution in [2.45, 2.75) is 6.92 Å². The molecule has 0 heterocycles. The molecule has 0 radical (unpaired) electrons. The summed E-state index contributed by atoms with van der Waals surface area (Å²) in [6.07, 6.45) is 0. The van der Waals surface area contributed by atoms with Crippen molar-refractivity contribution in [3.8, 4) is 11.5 Å². The molecule has 8 nitrogen and oxygen atoms in total. The van der Waals surface area contributed by atoms with E-state index in [1.165, 1.54) is 6.07 Å². The number of nitro groups is 1. The highest BCUT2D eigenvalue weighted by Gasteiger charge is 2.13. The van der Waals surface area contributed by atoms with Crippen LogP contribution in [0.3, 0.4) is 0 Å². The van der Waals surface area contributed by atoms with Crippen molar-refractivity contribution in [3.63, 3.8) is 0 Å². The molecule has 0 unspecified atom stereocenters. The molecule has 0 aliphatic heterocycles. The maximum absolute atomic E-state index is 11.0. The van der Waals surface area contributed by atoms with Gasteiger partial charge in [-0.15, -0.1) is 0 Å². The van der Waals surface area contributed by atoms with Crippen LogP contribution in [0.1, 0.15) is 12.5 Å². The van der Waals surface area contributed by atoms with Crippen LogP contribution in [-0.2, 0) is 0 Å². The summed E-state index contributed by atoms with van der Waals surface area (Å²) in [6, 6.07) is 11.6. The molecule has 0 fully saturated rings. The van der Waals surface area contributed by atoms with Gasteiger partial charge in [-0.25, -0.2) is 0 Å². The second kappa shape index (κ2) is 8.77. The van der Waals surface area contributed by atoms with Gasteiger partial charge in [-0.2, -0.15) is 5.10 Å². The molecule has 0 atom stereocenters. The number of nitrogens with one attached hydrogen (secondary N) is 2. The minimum atomic E-state index is -0.484. The van der Waals surface area contributed by atoms with E-state index in [4.69, 9.17) is 21.7 Å². The standard InChI is InChI=1S/C17H18N4O4S/c1-11(13-9-8-12(24-2)10-16(13)25-3)19-20-17(26)18-14-6-4-5-7-15(14)21(22)23/h4-10H,1-3H3,(H2,18,20,26)/b19-11+. The van der Waals surface area contributed by atoms with E-state index in [1.54, 1.807) is 51.5 Å².